The molecule has 1 aliphatic carbocycles. The SMILES string of the molecule is Nc1ccc(Cl)c(C(=O)OC2CCCC2)c1. The number of nitrogen functional groups attached to an aromatic ring is 1. The van der Waals surface area contributed by atoms with Crippen molar-refractivity contribution in [1.82, 2.24) is 0 Å². The van der Waals surface area contributed by atoms with Crippen LogP contribution in [0.2, 0.25) is 5.02 Å². The summed E-state index contributed by atoms with van der Waals surface area (Å²) in [5.41, 5.74) is 6.48. The third kappa shape index (κ3) is 2.47. The van der Waals surface area contributed by atoms with E-state index in [4.69, 9.17) is 22.1 Å². The lowest BCUT2D eigenvalue weighted by molar-refractivity contribution is 0.0318. The fraction of sp³-hybridized carbons (Fsp3) is 0.417. The highest BCUT2D eigenvalue weighted by Gasteiger charge is 2.21. The Morgan fingerprint density at radius 2 is 2.06 bits per heavy atom. The monoisotopic (exact) mass is 239 g/mol. The highest BCUT2D eigenvalue weighted by Crippen LogP contribution is 2.25. The lowest BCUT2D eigenvalue weighted by Gasteiger charge is -2.12. The molecule has 0 heterocycles. The second-order valence-corrected chi connectivity index (χ2v) is 4.46. The van der Waals surface area contributed by atoms with Crippen LogP contribution in [0, 0.1) is 0 Å². The topological polar surface area (TPSA) is 52.3 Å². The molecule has 2 N–H and O–H groups in total. The van der Waals surface area contributed by atoms with E-state index in [1.807, 2.05) is 0 Å². The van der Waals surface area contributed by atoms with E-state index in [0.717, 1.165) is 25.7 Å². The van der Waals surface area contributed by atoms with Crippen molar-refractivity contribution in [3.05, 3.63) is 28.8 Å². The summed E-state index contributed by atoms with van der Waals surface area (Å²) in [6.45, 7) is 0. The molecule has 1 aromatic rings. The van der Waals surface area contributed by atoms with E-state index >= 15 is 0 Å². The highest BCUT2D eigenvalue weighted by atomic mass is 35.5. The molecule has 0 radical (unpaired) electrons. The summed E-state index contributed by atoms with van der Waals surface area (Å²) < 4.78 is 5.35. The zero-order chi connectivity index (χ0) is 11.5. The molecule has 2 rings (SSSR count). The molecule has 1 aliphatic rings. The van der Waals surface area contributed by atoms with Crippen molar-refractivity contribution in [3.63, 3.8) is 0 Å². The molecule has 4 heteroatoms. The quantitative estimate of drug-likeness (QED) is 0.638. The van der Waals surface area contributed by atoms with Crippen LogP contribution in [0.25, 0.3) is 0 Å². The highest BCUT2D eigenvalue weighted by molar-refractivity contribution is 6.33. The van der Waals surface area contributed by atoms with Crippen LogP contribution in [-0.2, 0) is 4.74 Å². The maximum atomic E-state index is 11.8. The smallest absolute Gasteiger partial charge is 0.340 e. The fourth-order valence-electron chi connectivity index (χ4n) is 1.92. The van der Waals surface area contributed by atoms with Gasteiger partial charge in [-0.2, -0.15) is 0 Å². The zero-order valence-electron chi connectivity index (χ0n) is 8.91. The van der Waals surface area contributed by atoms with Gasteiger partial charge in [0.05, 0.1) is 10.6 Å². The van der Waals surface area contributed by atoms with Gasteiger partial charge in [-0.3, -0.25) is 0 Å². The summed E-state index contributed by atoms with van der Waals surface area (Å²) in [5.74, 6) is -0.371. The van der Waals surface area contributed by atoms with Crippen molar-refractivity contribution in [1.29, 1.82) is 0 Å². The average molecular weight is 240 g/mol. The van der Waals surface area contributed by atoms with Crippen LogP contribution >= 0.6 is 11.6 Å². The van der Waals surface area contributed by atoms with Gasteiger partial charge in [0.25, 0.3) is 0 Å². The van der Waals surface area contributed by atoms with E-state index < -0.39 is 0 Å². The van der Waals surface area contributed by atoms with Gasteiger partial charge >= 0.3 is 5.97 Å². The van der Waals surface area contributed by atoms with Gasteiger partial charge in [0.2, 0.25) is 0 Å². The maximum absolute atomic E-state index is 11.8. The van der Waals surface area contributed by atoms with E-state index in [1.54, 1.807) is 18.2 Å². The van der Waals surface area contributed by atoms with Crippen LogP contribution in [0.15, 0.2) is 18.2 Å². The third-order valence-electron chi connectivity index (χ3n) is 2.79. The van der Waals surface area contributed by atoms with Crippen LogP contribution in [0.3, 0.4) is 0 Å². The largest absolute Gasteiger partial charge is 0.459 e. The number of anilines is 1. The number of nitrogens with two attached hydrogens (primary N) is 1. The molecule has 1 fully saturated rings. The summed E-state index contributed by atoms with van der Waals surface area (Å²) in [4.78, 5) is 11.8. The van der Waals surface area contributed by atoms with Crippen LogP contribution in [0.4, 0.5) is 5.69 Å². The number of benzene rings is 1. The van der Waals surface area contributed by atoms with Crippen molar-refractivity contribution in [2.24, 2.45) is 0 Å². The van der Waals surface area contributed by atoms with Gasteiger partial charge in [0.1, 0.15) is 6.10 Å². The Bertz CT molecular complexity index is 400. The Balaban J connectivity index is 2.10. The first-order chi connectivity index (χ1) is 7.66. The standard InChI is InChI=1S/C12H14ClNO2/c13-11-6-5-8(14)7-10(11)12(15)16-9-3-1-2-4-9/h5-7,9H,1-4,14H2. The molecular formula is C12H14ClNO2. The molecule has 16 heavy (non-hydrogen) atoms. The van der Waals surface area contributed by atoms with E-state index in [2.05, 4.69) is 0 Å². The molecule has 1 saturated carbocycles. The second kappa shape index (κ2) is 4.74. The van der Waals surface area contributed by atoms with Crippen molar-refractivity contribution in [3.8, 4) is 0 Å². The van der Waals surface area contributed by atoms with Gasteiger partial charge in [0, 0.05) is 5.69 Å². The Labute approximate surface area is 99.5 Å². The van der Waals surface area contributed by atoms with E-state index in [1.165, 1.54) is 0 Å². The number of esters is 1. The maximum Gasteiger partial charge on any atom is 0.340 e. The number of hydrogen-bond acceptors (Lipinski definition) is 3. The number of carbonyl (C=O) groups excluding carboxylic acids is 1. The fourth-order valence-corrected chi connectivity index (χ4v) is 2.12. The first kappa shape index (κ1) is 11.3. The summed E-state index contributed by atoms with van der Waals surface area (Å²) in [6.07, 6.45) is 4.20. The average Bonchev–Trinajstić information content (AvgIpc) is 2.74. The van der Waals surface area contributed by atoms with Crippen LogP contribution < -0.4 is 5.73 Å². The Morgan fingerprint density at radius 3 is 2.75 bits per heavy atom. The molecule has 0 bridgehead atoms. The van der Waals surface area contributed by atoms with Gasteiger partial charge in [-0.25, -0.2) is 4.79 Å². The molecule has 86 valence electrons. The Kier molecular flexibility index (Phi) is 3.34. The molecule has 0 aliphatic heterocycles. The second-order valence-electron chi connectivity index (χ2n) is 4.05. The van der Waals surface area contributed by atoms with E-state index in [9.17, 15) is 4.79 Å². The van der Waals surface area contributed by atoms with Gasteiger partial charge in [-0.15, -0.1) is 0 Å². The molecule has 3 nitrogen and oxygen atoms in total. The minimum Gasteiger partial charge on any atom is -0.459 e. The zero-order valence-corrected chi connectivity index (χ0v) is 9.67. The third-order valence-corrected chi connectivity index (χ3v) is 3.12. The van der Waals surface area contributed by atoms with Gasteiger partial charge in [-0.1, -0.05) is 11.6 Å². The van der Waals surface area contributed by atoms with Gasteiger partial charge in [-0.05, 0) is 43.9 Å². The molecule has 0 amide bonds. The predicted molar refractivity (Wildman–Crippen MR) is 63.5 cm³/mol. The Hall–Kier alpha value is -1.22. The van der Waals surface area contributed by atoms with Crippen molar-refractivity contribution in [2.45, 2.75) is 31.8 Å². The van der Waals surface area contributed by atoms with Crippen LogP contribution in [-0.4, -0.2) is 12.1 Å². The summed E-state index contributed by atoms with van der Waals surface area (Å²) in [7, 11) is 0. The normalized spacial score (nSPS) is 16.3. The molecule has 0 atom stereocenters. The molecule has 0 unspecified atom stereocenters. The van der Waals surface area contributed by atoms with Crippen molar-refractivity contribution >= 4 is 23.3 Å². The Morgan fingerprint density at radius 1 is 1.38 bits per heavy atom. The first-order valence-electron chi connectivity index (χ1n) is 5.43. The molecular weight excluding hydrogens is 226 g/mol. The number of carbonyl (C=O) groups is 1. The predicted octanol–water partition coefficient (Wildman–Crippen LogP) is 3.02. The van der Waals surface area contributed by atoms with E-state index in [0.29, 0.717) is 16.3 Å². The van der Waals surface area contributed by atoms with Gasteiger partial charge in [0.15, 0.2) is 0 Å². The van der Waals surface area contributed by atoms with Crippen LogP contribution in [0.5, 0.6) is 0 Å². The minimum absolute atomic E-state index is 0.0463. The van der Waals surface area contributed by atoms with Crippen molar-refractivity contribution < 1.29 is 9.53 Å². The molecule has 0 spiro atoms. The van der Waals surface area contributed by atoms with E-state index in [-0.39, 0.29) is 12.1 Å². The number of ether oxygens (including phenoxy) is 1. The molecule has 0 saturated heterocycles. The number of hydrogen-bond donors (Lipinski definition) is 1. The lowest BCUT2D eigenvalue weighted by Crippen LogP contribution is -2.15. The van der Waals surface area contributed by atoms with Gasteiger partial charge < -0.3 is 10.5 Å². The lowest BCUT2D eigenvalue weighted by atomic mass is 10.2. The number of halogens is 1. The van der Waals surface area contributed by atoms with Crippen LogP contribution in [0.1, 0.15) is 36.0 Å². The summed E-state index contributed by atoms with van der Waals surface area (Å²) in [6, 6.07) is 4.83. The molecule has 0 aromatic heterocycles. The minimum atomic E-state index is -0.371. The summed E-state index contributed by atoms with van der Waals surface area (Å²) in [5, 5.41) is 0.386. The van der Waals surface area contributed by atoms with Crippen molar-refractivity contribution in [2.75, 3.05) is 5.73 Å². The number of rotatable bonds is 2. The summed E-state index contributed by atoms with van der Waals surface area (Å²) >= 11 is 5.92. The first-order valence-corrected chi connectivity index (χ1v) is 5.80. The molecule has 1 aromatic carbocycles.